The van der Waals surface area contributed by atoms with Crippen LogP contribution in [-0.4, -0.2) is 53.9 Å². The predicted molar refractivity (Wildman–Crippen MR) is 316 cm³/mol. The minimum atomic E-state index is -0.519. The lowest BCUT2D eigenvalue weighted by Gasteiger charge is -2.34. The third kappa shape index (κ3) is 23.7. The van der Waals surface area contributed by atoms with Gasteiger partial charge in [-0.1, -0.05) is 166 Å². The second-order valence-corrected chi connectivity index (χ2v) is 21.3. The molecule has 80 heavy (non-hydrogen) atoms. The Bertz CT molecular complexity index is 2710. The minimum absolute atomic E-state index is 0.00861. The van der Waals surface area contributed by atoms with Gasteiger partial charge in [-0.15, -0.1) is 0 Å². The normalized spacial score (nSPS) is 15.5. The molecule has 2 N–H and O–H groups in total. The summed E-state index contributed by atoms with van der Waals surface area (Å²) in [6, 6.07) is 55.7. The molecule has 0 radical (unpaired) electrons. The molecule has 5 unspecified atom stereocenters. The molecule has 0 spiro atoms. The summed E-state index contributed by atoms with van der Waals surface area (Å²) in [5.41, 5.74) is 6.27. The first-order valence-corrected chi connectivity index (χ1v) is 28.9. The molecule has 0 heterocycles. The molecule has 0 amide bonds. The maximum Gasteiger partial charge on any atom is 0.126 e. The van der Waals surface area contributed by atoms with Crippen LogP contribution in [0.15, 0.2) is 182 Å². The van der Waals surface area contributed by atoms with Gasteiger partial charge in [0, 0.05) is 23.1 Å². The van der Waals surface area contributed by atoms with E-state index in [0.29, 0.717) is 73.6 Å². The highest BCUT2D eigenvalue weighted by atomic mass is 19.1. The molecule has 0 bridgehead atoms. The molecule has 7 aromatic carbocycles. The number of benzene rings is 7. The molecular formula is C70H85F3O7. The summed E-state index contributed by atoms with van der Waals surface area (Å²) < 4.78 is 67.9. The van der Waals surface area contributed by atoms with E-state index in [9.17, 15) is 23.4 Å². The predicted octanol–water partition coefficient (Wildman–Crippen LogP) is 17.3. The molecule has 7 nitrogen and oxygen atoms in total. The lowest BCUT2D eigenvalue weighted by Crippen LogP contribution is -2.27. The van der Waals surface area contributed by atoms with Crippen molar-refractivity contribution < 1.29 is 47.1 Å². The third-order valence-electron chi connectivity index (χ3n) is 14.6. The van der Waals surface area contributed by atoms with E-state index in [0.717, 1.165) is 42.9 Å². The van der Waals surface area contributed by atoms with Gasteiger partial charge in [0.25, 0.3) is 0 Å². The van der Waals surface area contributed by atoms with Gasteiger partial charge < -0.3 is 33.9 Å². The van der Waals surface area contributed by atoms with Crippen molar-refractivity contribution in [2.45, 2.75) is 161 Å². The Hall–Kier alpha value is -6.43. The Labute approximate surface area is 475 Å². The maximum absolute atomic E-state index is 13.1. The smallest absolute Gasteiger partial charge is 0.126 e. The molecule has 7 aromatic rings. The first-order chi connectivity index (χ1) is 38.9. The van der Waals surface area contributed by atoms with Crippen LogP contribution in [0.2, 0.25) is 0 Å². The van der Waals surface area contributed by atoms with Crippen molar-refractivity contribution in [1.82, 2.24) is 0 Å². The first kappa shape index (κ1) is 62.8. The molecular weight excluding hydrogens is 1010 g/mol. The van der Waals surface area contributed by atoms with Crippen molar-refractivity contribution in [2.24, 2.45) is 5.92 Å². The Morgan fingerprint density at radius 2 is 0.900 bits per heavy atom. The van der Waals surface area contributed by atoms with Crippen molar-refractivity contribution >= 4 is 0 Å². The zero-order valence-electron chi connectivity index (χ0n) is 47.5. The van der Waals surface area contributed by atoms with Crippen molar-refractivity contribution in [1.29, 1.82) is 0 Å². The highest BCUT2D eigenvalue weighted by Crippen LogP contribution is 2.39. The average molecular weight is 1100 g/mol. The van der Waals surface area contributed by atoms with Crippen LogP contribution < -0.4 is 4.74 Å². The summed E-state index contributed by atoms with van der Waals surface area (Å²) in [6.07, 6.45) is 15.7. The summed E-state index contributed by atoms with van der Waals surface area (Å²) in [6.45, 7) is 10.1. The molecule has 5 atom stereocenters. The van der Waals surface area contributed by atoms with E-state index < -0.39 is 11.6 Å². The van der Waals surface area contributed by atoms with Crippen LogP contribution in [-0.2, 0) is 51.4 Å². The highest BCUT2D eigenvalue weighted by Gasteiger charge is 2.30. The molecule has 9 rings (SSSR count). The number of aromatic hydroxyl groups is 2. The van der Waals surface area contributed by atoms with Gasteiger partial charge >= 0.3 is 0 Å². The van der Waals surface area contributed by atoms with Gasteiger partial charge in [0.05, 0.1) is 50.3 Å². The Balaban J connectivity index is 0.000000173. The number of phenolic OH excluding ortho intramolecular Hbond substituents is 2. The highest BCUT2D eigenvalue weighted by molar-refractivity contribution is 5.32. The van der Waals surface area contributed by atoms with E-state index in [1.807, 2.05) is 93.6 Å². The summed E-state index contributed by atoms with van der Waals surface area (Å²) >= 11 is 0. The molecule has 2 saturated carbocycles. The topological polar surface area (TPSA) is 86.6 Å². The Morgan fingerprint density at radius 3 is 1.44 bits per heavy atom. The van der Waals surface area contributed by atoms with E-state index in [2.05, 4.69) is 61.5 Å². The fraction of sp³-hybridized carbons (Fsp3) is 0.400. The van der Waals surface area contributed by atoms with E-state index in [4.69, 9.17) is 23.7 Å². The number of halogens is 3. The molecule has 2 aliphatic rings. The summed E-state index contributed by atoms with van der Waals surface area (Å²) in [4.78, 5) is 0. The SMILES string of the molecule is CC(Cc1cc(F)cc(F)c1)OC1CCCCC1.CC(Cc1ccccc1)OCCOc1ccc(F)cc1.CC(Cc1ccccc1)OCc1ccccc1O.CC(OCc1ccccc1O)C(c1ccccc1)C1CCCCC1. The average Bonchev–Trinajstić information content (AvgIpc) is 3.46. The fourth-order valence-corrected chi connectivity index (χ4v) is 10.5. The van der Waals surface area contributed by atoms with E-state index in [1.165, 1.54) is 92.3 Å². The molecule has 2 aliphatic carbocycles. The zero-order chi connectivity index (χ0) is 56.7. The van der Waals surface area contributed by atoms with Crippen molar-refractivity contribution in [3.05, 3.63) is 233 Å². The molecule has 2 fully saturated rings. The number of hydrogen-bond acceptors (Lipinski definition) is 7. The van der Waals surface area contributed by atoms with Gasteiger partial charge in [-0.05, 0) is 149 Å². The van der Waals surface area contributed by atoms with Crippen LogP contribution in [0.3, 0.4) is 0 Å². The summed E-state index contributed by atoms with van der Waals surface area (Å²) in [5.74, 6) is 1.10. The lowest BCUT2D eigenvalue weighted by atomic mass is 9.74. The van der Waals surface area contributed by atoms with Crippen LogP contribution in [0.25, 0.3) is 0 Å². The fourth-order valence-electron chi connectivity index (χ4n) is 10.5. The van der Waals surface area contributed by atoms with Gasteiger partial charge in [-0.25, -0.2) is 13.2 Å². The standard InChI is InChI=1S/C22H28O2.C17H19FO2.C16H18O2.C15H20F2O/c1-17(24-16-20-14-8-9-15-21(20)23)22(18-10-4-2-5-11-18)19-12-6-3-7-13-19;1-14(13-15-5-3-2-4-6-15)19-11-12-20-17-9-7-16(18)8-10-17;1-13(11-14-7-3-2-4-8-14)18-12-15-9-5-6-10-16(15)17;1-11(18-15-5-3-2-4-6-15)7-12-8-13(16)10-14(17)9-12/h2,4-5,8-11,14-15,17,19,22-23H,3,6-7,12-13,16H2,1H3;2-10,14H,11-13H2,1H3;2-10,13,17H,11-12H2,1H3;8-11,15H,2-7H2,1H3. The van der Waals surface area contributed by atoms with Crippen LogP contribution in [0, 0.1) is 23.4 Å². The first-order valence-electron chi connectivity index (χ1n) is 28.9. The molecule has 0 aliphatic heterocycles. The zero-order valence-corrected chi connectivity index (χ0v) is 47.5. The number of phenols is 2. The van der Waals surface area contributed by atoms with E-state index >= 15 is 0 Å². The number of para-hydroxylation sites is 2. The Kier molecular flexibility index (Phi) is 27.7. The number of hydrogen-bond donors (Lipinski definition) is 2. The lowest BCUT2D eigenvalue weighted by molar-refractivity contribution is -0.0202. The number of ether oxygens (including phenoxy) is 5. The second kappa shape index (κ2) is 35.3. The third-order valence-corrected chi connectivity index (χ3v) is 14.6. The minimum Gasteiger partial charge on any atom is -0.508 e. The van der Waals surface area contributed by atoms with Crippen LogP contribution >= 0.6 is 0 Å². The van der Waals surface area contributed by atoms with Crippen molar-refractivity contribution in [2.75, 3.05) is 13.2 Å². The summed E-state index contributed by atoms with van der Waals surface area (Å²) in [5, 5.41) is 19.6. The van der Waals surface area contributed by atoms with Gasteiger partial charge in [0.15, 0.2) is 0 Å². The van der Waals surface area contributed by atoms with Gasteiger partial charge in [0.2, 0.25) is 0 Å². The van der Waals surface area contributed by atoms with Crippen LogP contribution in [0.4, 0.5) is 13.2 Å². The largest absolute Gasteiger partial charge is 0.508 e. The monoisotopic (exact) mass is 1090 g/mol. The maximum atomic E-state index is 13.1. The Morgan fingerprint density at radius 1 is 0.438 bits per heavy atom. The number of rotatable bonds is 22. The van der Waals surface area contributed by atoms with E-state index in [-0.39, 0.29) is 30.2 Å². The van der Waals surface area contributed by atoms with Crippen molar-refractivity contribution in [3.8, 4) is 17.2 Å². The second-order valence-electron chi connectivity index (χ2n) is 21.3. The summed E-state index contributed by atoms with van der Waals surface area (Å²) in [7, 11) is 0. The molecule has 0 saturated heterocycles. The molecule has 0 aromatic heterocycles. The molecule has 428 valence electrons. The quantitative estimate of drug-likeness (QED) is 0.0654. The van der Waals surface area contributed by atoms with Crippen molar-refractivity contribution in [3.63, 3.8) is 0 Å². The van der Waals surface area contributed by atoms with Crippen LogP contribution in [0.5, 0.6) is 17.2 Å². The van der Waals surface area contributed by atoms with Gasteiger partial charge in [-0.3, -0.25) is 0 Å². The molecule has 10 heteroatoms. The van der Waals surface area contributed by atoms with Gasteiger partial charge in [-0.2, -0.15) is 0 Å². The van der Waals surface area contributed by atoms with Crippen LogP contribution in [0.1, 0.15) is 131 Å². The van der Waals surface area contributed by atoms with E-state index in [1.54, 1.807) is 24.3 Å². The van der Waals surface area contributed by atoms with Gasteiger partial charge in [0.1, 0.15) is 41.3 Å².